The first-order chi connectivity index (χ1) is 13.5. The van der Waals surface area contributed by atoms with Crippen LogP contribution in [0.4, 0.5) is 0 Å². The SMILES string of the molecule is CNCC(O)CN1CCC(CNC(=O)c2cccc3[nH]c(C(C)C)nc23)CC1. The number of fused-ring (bicyclic) bond motifs is 1. The molecule has 28 heavy (non-hydrogen) atoms. The maximum Gasteiger partial charge on any atom is 0.253 e. The van der Waals surface area contributed by atoms with E-state index in [-0.39, 0.29) is 12.0 Å². The molecule has 0 aliphatic carbocycles. The fourth-order valence-corrected chi connectivity index (χ4v) is 3.81. The third kappa shape index (κ3) is 5.10. The Balaban J connectivity index is 1.52. The second-order valence-electron chi connectivity index (χ2n) is 8.14. The summed E-state index contributed by atoms with van der Waals surface area (Å²) >= 11 is 0. The smallest absolute Gasteiger partial charge is 0.253 e. The lowest BCUT2D eigenvalue weighted by molar-refractivity contribution is 0.0857. The van der Waals surface area contributed by atoms with Crippen molar-refractivity contribution < 1.29 is 9.90 Å². The summed E-state index contributed by atoms with van der Waals surface area (Å²) in [5, 5.41) is 16.0. The zero-order valence-corrected chi connectivity index (χ0v) is 17.2. The highest BCUT2D eigenvalue weighted by Crippen LogP contribution is 2.21. The molecule has 154 valence electrons. The molecule has 7 nitrogen and oxygen atoms in total. The molecule has 4 N–H and O–H groups in total. The number of aromatic amines is 1. The molecule has 0 spiro atoms. The number of para-hydroxylation sites is 1. The summed E-state index contributed by atoms with van der Waals surface area (Å²) in [7, 11) is 1.85. The highest BCUT2D eigenvalue weighted by molar-refractivity contribution is 6.04. The Kier molecular flexibility index (Phi) is 7.04. The molecule has 1 fully saturated rings. The highest BCUT2D eigenvalue weighted by Gasteiger charge is 2.22. The third-order valence-electron chi connectivity index (χ3n) is 5.49. The van der Waals surface area contributed by atoms with Gasteiger partial charge >= 0.3 is 0 Å². The van der Waals surface area contributed by atoms with Crippen LogP contribution in [0.5, 0.6) is 0 Å². The van der Waals surface area contributed by atoms with Gasteiger partial charge in [-0.15, -0.1) is 0 Å². The summed E-state index contributed by atoms with van der Waals surface area (Å²) in [5.41, 5.74) is 2.29. The van der Waals surface area contributed by atoms with E-state index in [1.54, 1.807) is 0 Å². The molecule has 0 radical (unpaired) electrons. The topological polar surface area (TPSA) is 93.3 Å². The van der Waals surface area contributed by atoms with Gasteiger partial charge in [-0.25, -0.2) is 4.98 Å². The van der Waals surface area contributed by atoms with Crippen molar-refractivity contribution in [1.82, 2.24) is 25.5 Å². The minimum Gasteiger partial charge on any atom is -0.390 e. The average Bonchev–Trinajstić information content (AvgIpc) is 3.12. The number of carbonyl (C=O) groups excluding carboxylic acids is 1. The van der Waals surface area contributed by atoms with Crippen molar-refractivity contribution in [3.05, 3.63) is 29.6 Å². The zero-order valence-electron chi connectivity index (χ0n) is 17.2. The minimum absolute atomic E-state index is 0.0562. The minimum atomic E-state index is -0.327. The monoisotopic (exact) mass is 387 g/mol. The first-order valence-electron chi connectivity index (χ1n) is 10.3. The van der Waals surface area contributed by atoms with E-state index in [1.165, 1.54) is 0 Å². The third-order valence-corrected chi connectivity index (χ3v) is 5.49. The van der Waals surface area contributed by atoms with Crippen LogP contribution in [-0.2, 0) is 0 Å². The number of nitrogens with one attached hydrogen (secondary N) is 3. The van der Waals surface area contributed by atoms with Gasteiger partial charge in [0, 0.05) is 25.6 Å². The number of piperidine rings is 1. The number of aromatic nitrogens is 2. The molecular formula is C21H33N5O2. The number of aliphatic hydroxyl groups excluding tert-OH is 1. The van der Waals surface area contributed by atoms with Crippen LogP contribution >= 0.6 is 0 Å². The summed E-state index contributed by atoms with van der Waals surface area (Å²) in [6.45, 7) is 8.11. The maximum absolute atomic E-state index is 12.7. The Morgan fingerprint density at radius 2 is 2.11 bits per heavy atom. The van der Waals surface area contributed by atoms with Gasteiger partial charge in [0.2, 0.25) is 0 Å². The van der Waals surface area contributed by atoms with E-state index in [0.717, 1.165) is 42.8 Å². The number of rotatable bonds is 8. The predicted molar refractivity (Wildman–Crippen MR) is 112 cm³/mol. The van der Waals surface area contributed by atoms with Crippen molar-refractivity contribution in [3.63, 3.8) is 0 Å². The Morgan fingerprint density at radius 1 is 1.36 bits per heavy atom. The Bertz CT molecular complexity index is 780. The van der Waals surface area contributed by atoms with Crippen LogP contribution in [0.2, 0.25) is 0 Å². The highest BCUT2D eigenvalue weighted by atomic mass is 16.3. The molecule has 1 saturated heterocycles. The van der Waals surface area contributed by atoms with Crippen LogP contribution in [0.15, 0.2) is 18.2 Å². The molecule has 2 aromatic rings. The first-order valence-corrected chi connectivity index (χ1v) is 10.3. The van der Waals surface area contributed by atoms with E-state index in [4.69, 9.17) is 0 Å². The molecule has 1 aromatic heterocycles. The van der Waals surface area contributed by atoms with Gasteiger partial charge in [0.25, 0.3) is 5.91 Å². The van der Waals surface area contributed by atoms with Gasteiger partial charge in [-0.05, 0) is 51.0 Å². The van der Waals surface area contributed by atoms with Gasteiger partial charge < -0.3 is 25.6 Å². The average molecular weight is 388 g/mol. The number of β-amino-alcohol motifs (C(OH)–C–C–N with tert-alkyl or cyclic N) is 1. The predicted octanol–water partition coefficient (Wildman–Crippen LogP) is 1.71. The number of hydrogen-bond acceptors (Lipinski definition) is 5. The number of likely N-dealkylation sites (N-methyl/N-ethyl adjacent to an activating group) is 1. The van der Waals surface area contributed by atoms with Crippen molar-refractivity contribution in [2.75, 3.05) is 39.8 Å². The number of carbonyl (C=O) groups is 1. The Labute approximate surface area is 166 Å². The number of hydrogen-bond donors (Lipinski definition) is 4. The van der Waals surface area contributed by atoms with E-state index < -0.39 is 0 Å². The lowest BCUT2D eigenvalue weighted by atomic mass is 9.96. The summed E-state index contributed by atoms with van der Waals surface area (Å²) in [5.74, 6) is 1.62. The number of H-pyrrole nitrogens is 1. The summed E-state index contributed by atoms with van der Waals surface area (Å²) in [4.78, 5) is 23.0. The number of nitrogens with zero attached hydrogens (tertiary/aromatic N) is 2. The lowest BCUT2D eigenvalue weighted by Crippen LogP contribution is -2.43. The second-order valence-corrected chi connectivity index (χ2v) is 8.14. The summed E-state index contributed by atoms with van der Waals surface area (Å²) < 4.78 is 0. The van der Waals surface area contributed by atoms with Crippen LogP contribution in [-0.4, -0.2) is 71.8 Å². The maximum atomic E-state index is 12.7. The molecule has 2 heterocycles. The van der Waals surface area contributed by atoms with Crippen LogP contribution < -0.4 is 10.6 Å². The quantitative estimate of drug-likeness (QED) is 0.553. The van der Waals surface area contributed by atoms with Crippen LogP contribution in [0.25, 0.3) is 11.0 Å². The second kappa shape index (κ2) is 9.49. The van der Waals surface area contributed by atoms with Crippen LogP contribution in [0, 0.1) is 5.92 Å². The van der Waals surface area contributed by atoms with E-state index >= 15 is 0 Å². The molecule has 1 aliphatic heterocycles. The molecule has 1 amide bonds. The first kappa shape index (κ1) is 20.8. The number of benzene rings is 1. The van der Waals surface area contributed by atoms with Gasteiger partial charge in [-0.3, -0.25) is 4.79 Å². The number of aliphatic hydroxyl groups is 1. The fraction of sp³-hybridized carbons (Fsp3) is 0.619. The van der Waals surface area contributed by atoms with Gasteiger partial charge in [-0.1, -0.05) is 19.9 Å². The zero-order chi connectivity index (χ0) is 20.1. The van der Waals surface area contributed by atoms with E-state index in [1.807, 2.05) is 25.2 Å². The van der Waals surface area contributed by atoms with E-state index in [2.05, 4.69) is 39.3 Å². The molecule has 1 aliphatic rings. The number of amides is 1. The van der Waals surface area contributed by atoms with Crippen molar-refractivity contribution >= 4 is 16.9 Å². The van der Waals surface area contributed by atoms with Gasteiger partial charge in [0.15, 0.2) is 0 Å². The van der Waals surface area contributed by atoms with Crippen LogP contribution in [0.3, 0.4) is 0 Å². The molecule has 1 unspecified atom stereocenters. The summed E-state index contributed by atoms with van der Waals surface area (Å²) in [6.07, 6.45) is 1.75. The fourth-order valence-electron chi connectivity index (χ4n) is 3.81. The molecule has 0 saturated carbocycles. The standard InChI is InChI=1S/C21H33N5O2/c1-14(2)20-24-18-6-4-5-17(19(18)25-20)21(28)23-11-15-7-9-26(10-8-15)13-16(27)12-22-3/h4-6,14-16,22,27H,7-13H2,1-3H3,(H,23,28)(H,24,25). The van der Waals surface area contributed by atoms with Gasteiger partial charge in [0.05, 0.1) is 17.2 Å². The van der Waals surface area contributed by atoms with Crippen molar-refractivity contribution in [2.45, 2.75) is 38.7 Å². The van der Waals surface area contributed by atoms with Crippen molar-refractivity contribution in [3.8, 4) is 0 Å². The Hall–Kier alpha value is -1.96. The number of likely N-dealkylation sites (tertiary alicyclic amines) is 1. The molecule has 0 bridgehead atoms. The molecular weight excluding hydrogens is 354 g/mol. The van der Waals surface area contributed by atoms with Crippen molar-refractivity contribution in [2.24, 2.45) is 5.92 Å². The molecule has 1 atom stereocenters. The largest absolute Gasteiger partial charge is 0.390 e. The lowest BCUT2D eigenvalue weighted by Gasteiger charge is -2.33. The van der Waals surface area contributed by atoms with E-state index in [0.29, 0.717) is 37.0 Å². The summed E-state index contributed by atoms with van der Waals surface area (Å²) in [6, 6.07) is 5.70. The molecule has 7 heteroatoms. The number of imidazole rings is 1. The molecule has 3 rings (SSSR count). The normalized spacial score (nSPS) is 17.3. The van der Waals surface area contributed by atoms with Crippen molar-refractivity contribution in [1.29, 1.82) is 0 Å². The Morgan fingerprint density at radius 3 is 2.79 bits per heavy atom. The van der Waals surface area contributed by atoms with Gasteiger partial charge in [0.1, 0.15) is 11.3 Å². The molecule has 1 aromatic carbocycles. The van der Waals surface area contributed by atoms with Gasteiger partial charge in [-0.2, -0.15) is 0 Å². The van der Waals surface area contributed by atoms with E-state index in [9.17, 15) is 9.90 Å². The van der Waals surface area contributed by atoms with Crippen LogP contribution in [0.1, 0.15) is 48.8 Å².